The summed E-state index contributed by atoms with van der Waals surface area (Å²) in [6, 6.07) is 12.5. The highest BCUT2D eigenvalue weighted by molar-refractivity contribution is 6.07. The Morgan fingerprint density at radius 2 is 1.90 bits per heavy atom. The van der Waals surface area contributed by atoms with Gasteiger partial charge in [0.15, 0.2) is 0 Å². The number of benzene rings is 2. The standard InChI is InChI=1S/C23H20FN3O3/c1-14(15-2-5-17(24)6-3-15)26-22(29)16-4-7-19-18-8-9-25-13-20(18)23(30)27(10-11-28)21(19)12-16/h2-9,12-14,28H,10-11H2,1H3,(H,26,29). The van der Waals surface area contributed by atoms with Crippen molar-refractivity contribution in [2.45, 2.75) is 19.5 Å². The molecular formula is C23H20FN3O3. The zero-order chi connectivity index (χ0) is 21.3. The topological polar surface area (TPSA) is 84.2 Å². The van der Waals surface area contributed by atoms with Crippen molar-refractivity contribution in [3.8, 4) is 0 Å². The number of pyridine rings is 2. The number of nitrogens with zero attached hydrogens (tertiary/aromatic N) is 2. The first-order valence-corrected chi connectivity index (χ1v) is 9.57. The highest BCUT2D eigenvalue weighted by Crippen LogP contribution is 2.24. The molecule has 1 unspecified atom stereocenters. The number of carbonyl (C=O) groups is 1. The minimum Gasteiger partial charge on any atom is -0.395 e. The first kappa shape index (κ1) is 19.7. The van der Waals surface area contributed by atoms with Gasteiger partial charge in [-0.2, -0.15) is 0 Å². The summed E-state index contributed by atoms with van der Waals surface area (Å²) in [4.78, 5) is 29.7. The molecule has 1 atom stereocenters. The zero-order valence-corrected chi connectivity index (χ0v) is 16.3. The van der Waals surface area contributed by atoms with Crippen molar-refractivity contribution in [1.82, 2.24) is 14.9 Å². The molecule has 7 heteroatoms. The molecule has 0 saturated heterocycles. The minimum atomic E-state index is -0.337. The second-order valence-corrected chi connectivity index (χ2v) is 7.08. The SMILES string of the molecule is CC(NC(=O)c1ccc2c3ccncc3c(=O)n(CCO)c2c1)c1ccc(F)cc1. The number of fused-ring (bicyclic) bond motifs is 3. The third kappa shape index (κ3) is 3.55. The molecule has 2 aromatic heterocycles. The Morgan fingerprint density at radius 1 is 1.13 bits per heavy atom. The monoisotopic (exact) mass is 405 g/mol. The van der Waals surface area contributed by atoms with E-state index in [2.05, 4.69) is 10.3 Å². The Balaban J connectivity index is 1.76. The van der Waals surface area contributed by atoms with Crippen LogP contribution in [0, 0.1) is 5.82 Å². The zero-order valence-electron chi connectivity index (χ0n) is 16.3. The summed E-state index contributed by atoms with van der Waals surface area (Å²) in [5.41, 5.74) is 1.46. The lowest BCUT2D eigenvalue weighted by atomic mass is 10.0. The summed E-state index contributed by atoms with van der Waals surface area (Å²) in [7, 11) is 0. The summed E-state index contributed by atoms with van der Waals surface area (Å²) in [6.45, 7) is 1.71. The molecule has 1 amide bonds. The fourth-order valence-electron chi connectivity index (χ4n) is 3.62. The Labute approximate surface area is 171 Å². The number of aliphatic hydroxyl groups excluding tert-OH is 1. The largest absolute Gasteiger partial charge is 0.395 e. The van der Waals surface area contributed by atoms with Gasteiger partial charge >= 0.3 is 0 Å². The van der Waals surface area contributed by atoms with Crippen LogP contribution >= 0.6 is 0 Å². The van der Waals surface area contributed by atoms with Gasteiger partial charge in [-0.1, -0.05) is 18.2 Å². The summed E-state index contributed by atoms with van der Waals surface area (Å²) >= 11 is 0. The van der Waals surface area contributed by atoms with Crippen LogP contribution in [-0.4, -0.2) is 27.2 Å². The Morgan fingerprint density at radius 3 is 2.63 bits per heavy atom. The van der Waals surface area contributed by atoms with E-state index in [-0.39, 0.29) is 36.5 Å². The van der Waals surface area contributed by atoms with Gasteiger partial charge in [0.25, 0.3) is 11.5 Å². The number of nitrogens with one attached hydrogen (secondary N) is 1. The van der Waals surface area contributed by atoms with E-state index in [0.29, 0.717) is 16.5 Å². The van der Waals surface area contributed by atoms with E-state index < -0.39 is 0 Å². The maximum Gasteiger partial charge on any atom is 0.260 e. The third-order valence-electron chi connectivity index (χ3n) is 5.18. The van der Waals surface area contributed by atoms with Gasteiger partial charge < -0.3 is 15.0 Å². The second kappa shape index (κ2) is 8.04. The molecule has 0 spiro atoms. The van der Waals surface area contributed by atoms with E-state index in [9.17, 15) is 19.1 Å². The number of hydrogen-bond donors (Lipinski definition) is 2. The highest BCUT2D eigenvalue weighted by atomic mass is 19.1. The molecule has 4 rings (SSSR count). The van der Waals surface area contributed by atoms with Crippen LogP contribution in [0.1, 0.15) is 28.9 Å². The summed E-state index contributed by atoms with van der Waals surface area (Å²) in [5.74, 6) is -0.650. The molecule has 0 radical (unpaired) electrons. The van der Waals surface area contributed by atoms with Gasteiger partial charge in [0.05, 0.1) is 23.6 Å². The van der Waals surface area contributed by atoms with E-state index in [1.807, 2.05) is 6.92 Å². The Hall–Kier alpha value is -3.58. The average molecular weight is 405 g/mol. The van der Waals surface area contributed by atoms with Crippen LogP contribution < -0.4 is 10.9 Å². The van der Waals surface area contributed by atoms with E-state index in [0.717, 1.165) is 16.3 Å². The molecule has 2 N–H and O–H groups in total. The lowest BCUT2D eigenvalue weighted by Gasteiger charge is -2.16. The van der Waals surface area contributed by atoms with Crippen LogP contribution in [0.3, 0.4) is 0 Å². The van der Waals surface area contributed by atoms with Crippen LogP contribution in [0.15, 0.2) is 65.7 Å². The first-order valence-electron chi connectivity index (χ1n) is 9.57. The average Bonchev–Trinajstić information content (AvgIpc) is 2.76. The van der Waals surface area contributed by atoms with Gasteiger partial charge in [-0.15, -0.1) is 0 Å². The van der Waals surface area contributed by atoms with Crippen LogP contribution in [0.4, 0.5) is 4.39 Å². The first-order chi connectivity index (χ1) is 14.5. The second-order valence-electron chi connectivity index (χ2n) is 7.08. The van der Waals surface area contributed by atoms with Crippen LogP contribution in [0.2, 0.25) is 0 Å². The molecule has 2 aromatic carbocycles. The van der Waals surface area contributed by atoms with Crippen LogP contribution in [-0.2, 0) is 6.54 Å². The number of rotatable bonds is 5. The minimum absolute atomic E-state index is 0.108. The Kier molecular flexibility index (Phi) is 5.29. The third-order valence-corrected chi connectivity index (χ3v) is 5.18. The van der Waals surface area contributed by atoms with Crippen molar-refractivity contribution in [3.63, 3.8) is 0 Å². The molecule has 0 fully saturated rings. The molecule has 30 heavy (non-hydrogen) atoms. The van der Waals surface area contributed by atoms with Gasteiger partial charge in [-0.05, 0) is 48.2 Å². The molecule has 0 aliphatic rings. The molecule has 0 aliphatic heterocycles. The van der Waals surface area contributed by atoms with Crippen molar-refractivity contribution in [2.75, 3.05) is 6.61 Å². The molecule has 2 heterocycles. The Bertz CT molecular complexity index is 1300. The van der Waals surface area contributed by atoms with Crippen molar-refractivity contribution in [1.29, 1.82) is 0 Å². The van der Waals surface area contributed by atoms with E-state index >= 15 is 0 Å². The number of aliphatic hydroxyl groups is 1. The number of carbonyl (C=O) groups excluding carboxylic acids is 1. The van der Waals surface area contributed by atoms with Crippen LogP contribution in [0.5, 0.6) is 0 Å². The molecule has 152 valence electrons. The van der Waals surface area contributed by atoms with Gasteiger partial charge in [-0.3, -0.25) is 14.6 Å². The number of amides is 1. The van der Waals surface area contributed by atoms with Crippen molar-refractivity contribution in [2.24, 2.45) is 0 Å². The van der Waals surface area contributed by atoms with Crippen molar-refractivity contribution in [3.05, 3.63) is 88.2 Å². The van der Waals surface area contributed by atoms with Gasteiger partial charge in [-0.25, -0.2) is 4.39 Å². The molecule has 0 saturated carbocycles. The lowest BCUT2D eigenvalue weighted by Crippen LogP contribution is -2.27. The van der Waals surface area contributed by atoms with Crippen LogP contribution in [0.25, 0.3) is 21.7 Å². The predicted molar refractivity (Wildman–Crippen MR) is 113 cm³/mol. The van der Waals surface area contributed by atoms with Crippen molar-refractivity contribution >= 4 is 27.6 Å². The van der Waals surface area contributed by atoms with Gasteiger partial charge in [0, 0.05) is 29.9 Å². The predicted octanol–water partition coefficient (Wildman–Crippen LogP) is 3.17. The van der Waals surface area contributed by atoms with E-state index in [1.54, 1.807) is 42.6 Å². The molecular weight excluding hydrogens is 385 g/mol. The highest BCUT2D eigenvalue weighted by Gasteiger charge is 2.15. The number of aromatic nitrogens is 2. The molecule has 6 nitrogen and oxygen atoms in total. The number of hydrogen-bond acceptors (Lipinski definition) is 4. The maximum atomic E-state index is 13.1. The molecule has 0 aliphatic carbocycles. The van der Waals surface area contributed by atoms with Gasteiger partial charge in [0.2, 0.25) is 0 Å². The lowest BCUT2D eigenvalue weighted by molar-refractivity contribution is 0.0940. The summed E-state index contributed by atoms with van der Waals surface area (Å²) < 4.78 is 14.6. The molecule has 4 aromatic rings. The van der Waals surface area contributed by atoms with Crippen molar-refractivity contribution < 1.29 is 14.3 Å². The summed E-state index contributed by atoms with van der Waals surface area (Å²) in [5, 5.41) is 14.3. The quantitative estimate of drug-likeness (QED) is 0.500. The maximum absolute atomic E-state index is 13.1. The number of halogens is 1. The normalized spacial score (nSPS) is 12.2. The summed E-state index contributed by atoms with van der Waals surface area (Å²) in [6.07, 6.45) is 3.12. The molecule has 0 bridgehead atoms. The van der Waals surface area contributed by atoms with E-state index in [1.165, 1.54) is 22.9 Å². The fraction of sp³-hybridized carbons (Fsp3) is 0.174. The van der Waals surface area contributed by atoms with Gasteiger partial charge in [0.1, 0.15) is 5.82 Å². The fourth-order valence-corrected chi connectivity index (χ4v) is 3.62. The smallest absolute Gasteiger partial charge is 0.260 e. The van der Waals surface area contributed by atoms with E-state index in [4.69, 9.17) is 0 Å².